The zero-order valence-electron chi connectivity index (χ0n) is 8.07. The predicted molar refractivity (Wildman–Crippen MR) is 57.2 cm³/mol. The van der Waals surface area contributed by atoms with Crippen LogP contribution in [0.2, 0.25) is 5.02 Å². The maximum absolute atomic E-state index is 11.0. The minimum absolute atomic E-state index is 0.123. The molecule has 0 spiro atoms. The van der Waals surface area contributed by atoms with Crippen LogP contribution in [0.4, 0.5) is 5.69 Å². The Kier molecular flexibility index (Phi) is 4.10. The van der Waals surface area contributed by atoms with Gasteiger partial charge in [-0.1, -0.05) is 11.6 Å². The third kappa shape index (κ3) is 3.41. The van der Waals surface area contributed by atoms with Gasteiger partial charge in [-0.3, -0.25) is 15.1 Å². The molecule has 1 rings (SSSR count). The fourth-order valence-electron chi connectivity index (χ4n) is 0.985. The zero-order chi connectivity index (χ0) is 12.1. The van der Waals surface area contributed by atoms with E-state index in [9.17, 15) is 9.59 Å². The van der Waals surface area contributed by atoms with Crippen LogP contribution in [0.1, 0.15) is 10.4 Å². The van der Waals surface area contributed by atoms with Crippen molar-refractivity contribution in [2.45, 2.75) is 0 Å². The second-order valence-corrected chi connectivity index (χ2v) is 3.28. The number of nitrogens with two attached hydrogens (primary N) is 1. The van der Waals surface area contributed by atoms with Crippen molar-refractivity contribution in [3.63, 3.8) is 0 Å². The molecule has 1 amide bonds. The van der Waals surface area contributed by atoms with Crippen LogP contribution < -0.4 is 11.2 Å². The van der Waals surface area contributed by atoms with Gasteiger partial charge in [0, 0.05) is 5.02 Å². The number of carbonyl (C=O) groups is 2. The summed E-state index contributed by atoms with van der Waals surface area (Å²) in [5, 5.41) is 8.68. The Morgan fingerprint density at radius 3 is 2.75 bits per heavy atom. The Morgan fingerprint density at radius 2 is 2.19 bits per heavy atom. The lowest BCUT2D eigenvalue weighted by molar-refractivity contribution is -0.141. The summed E-state index contributed by atoms with van der Waals surface area (Å²) in [6.07, 6.45) is 0. The van der Waals surface area contributed by atoms with Gasteiger partial charge in [0.15, 0.2) is 6.61 Å². The van der Waals surface area contributed by atoms with Crippen LogP contribution in [0.15, 0.2) is 18.2 Å². The second-order valence-electron chi connectivity index (χ2n) is 2.84. The van der Waals surface area contributed by atoms with E-state index in [1.165, 1.54) is 18.2 Å². The van der Waals surface area contributed by atoms with Crippen LogP contribution >= 0.6 is 11.6 Å². The molecule has 1 aromatic carbocycles. The highest BCUT2D eigenvalue weighted by atomic mass is 35.5. The second kappa shape index (κ2) is 5.34. The SMILES string of the molecule is NC(=O)c1cc(Cl)ccc1NOCC(=O)O. The molecule has 0 aromatic heterocycles. The highest BCUT2D eigenvalue weighted by Crippen LogP contribution is 2.20. The van der Waals surface area contributed by atoms with Crippen LogP contribution in [0, 0.1) is 0 Å². The fourth-order valence-corrected chi connectivity index (χ4v) is 1.16. The van der Waals surface area contributed by atoms with Crippen molar-refractivity contribution in [1.82, 2.24) is 0 Å². The summed E-state index contributed by atoms with van der Waals surface area (Å²) >= 11 is 5.67. The highest BCUT2D eigenvalue weighted by Gasteiger charge is 2.09. The normalized spacial score (nSPS) is 9.81. The van der Waals surface area contributed by atoms with E-state index >= 15 is 0 Å². The van der Waals surface area contributed by atoms with Crippen LogP contribution in [0.3, 0.4) is 0 Å². The molecule has 0 aliphatic carbocycles. The molecule has 0 atom stereocenters. The molecule has 16 heavy (non-hydrogen) atoms. The average molecular weight is 245 g/mol. The molecule has 0 bridgehead atoms. The molecule has 7 heteroatoms. The van der Waals surface area contributed by atoms with Gasteiger partial charge in [0.25, 0.3) is 5.91 Å². The predicted octanol–water partition coefficient (Wildman–Crippen LogP) is 0.867. The van der Waals surface area contributed by atoms with Gasteiger partial charge in [0.2, 0.25) is 0 Å². The van der Waals surface area contributed by atoms with Gasteiger partial charge in [0.05, 0.1) is 11.3 Å². The summed E-state index contributed by atoms with van der Waals surface area (Å²) in [7, 11) is 0. The molecule has 0 aliphatic heterocycles. The van der Waals surface area contributed by atoms with Crippen molar-refractivity contribution in [2.75, 3.05) is 12.1 Å². The molecule has 0 unspecified atom stereocenters. The minimum atomic E-state index is -1.14. The number of carboxylic acids is 1. The van der Waals surface area contributed by atoms with Gasteiger partial charge in [0.1, 0.15) is 0 Å². The molecular weight excluding hydrogens is 236 g/mol. The van der Waals surface area contributed by atoms with Crippen molar-refractivity contribution < 1.29 is 19.5 Å². The molecule has 86 valence electrons. The Bertz CT molecular complexity index is 422. The first-order valence-corrected chi connectivity index (χ1v) is 4.57. The summed E-state index contributed by atoms with van der Waals surface area (Å²) in [4.78, 5) is 25.8. The first kappa shape index (κ1) is 12.3. The van der Waals surface area contributed by atoms with Gasteiger partial charge < -0.3 is 10.8 Å². The van der Waals surface area contributed by atoms with Crippen LogP contribution in [0.25, 0.3) is 0 Å². The number of nitrogens with one attached hydrogen (secondary N) is 1. The molecule has 0 radical (unpaired) electrons. The molecule has 1 aromatic rings. The minimum Gasteiger partial charge on any atom is -0.479 e. The third-order valence-electron chi connectivity index (χ3n) is 1.62. The summed E-state index contributed by atoms with van der Waals surface area (Å²) in [6.45, 7) is -0.541. The molecule has 4 N–H and O–H groups in total. The topological polar surface area (TPSA) is 102 Å². The van der Waals surface area contributed by atoms with E-state index in [1.54, 1.807) is 0 Å². The lowest BCUT2D eigenvalue weighted by atomic mass is 10.2. The number of halogens is 1. The standard InChI is InChI=1S/C9H9ClN2O4/c10-5-1-2-7(6(3-5)9(11)15)12-16-4-8(13)14/h1-3,12H,4H2,(H2,11,15)(H,13,14). The van der Waals surface area contributed by atoms with Crippen LogP contribution in [-0.4, -0.2) is 23.6 Å². The molecule has 0 saturated carbocycles. The summed E-state index contributed by atoms with van der Waals surface area (Å²) < 4.78 is 0. The third-order valence-corrected chi connectivity index (χ3v) is 1.86. The number of primary amides is 1. The summed E-state index contributed by atoms with van der Waals surface area (Å²) in [5.41, 5.74) is 7.80. The first-order chi connectivity index (χ1) is 7.50. The largest absolute Gasteiger partial charge is 0.479 e. The maximum atomic E-state index is 11.0. The quantitative estimate of drug-likeness (QED) is 0.667. The van der Waals surface area contributed by atoms with Crippen LogP contribution in [0.5, 0.6) is 0 Å². The van der Waals surface area contributed by atoms with E-state index in [1.807, 2.05) is 0 Å². The van der Waals surface area contributed by atoms with Gasteiger partial charge in [-0.05, 0) is 18.2 Å². The van der Waals surface area contributed by atoms with Crippen molar-refractivity contribution in [2.24, 2.45) is 5.73 Å². The van der Waals surface area contributed by atoms with Gasteiger partial charge in [-0.15, -0.1) is 0 Å². The highest BCUT2D eigenvalue weighted by molar-refractivity contribution is 6.31. The number of hydrogen-bond donors (Lipinski definition) is 3. The molecular formula is C9H9ClN2O4. The van der Waals surface area contributed by atoms with Crippen molar-refractivity contribution in [1.29, 1.82) is 0 Å². The van der Waals surface area contributed by atoms with Crippen LogP contribution in [-0.2, 0) is 9.63 Å². The fraction of sp³-hybridized carbons (Fsp3) is 0.111. The lowest BCUT2D eigenvalue weighted by Gasteiger charge is -2.08. The van der Waals surface area contributed by atoms with Gasteiger partial charge in [-0.25, -0.2) is 4.79 Å². The summed E-state index contributed by atoms with van der Waals surface area (Å²) in [5.74, 6) is -1.83. The zero-order valence-corrected chi connectivity index (χ0v) is 8.82. The smallest absolute Gasteiger partial charge is 0.332 e. The number of benzene rings is 1. The number of carboxylic acid groups (broad SMARTS) is 1. The Balaban J connectivity index is 2.78. The monoisotopic (exact) mass is 244 g/mol. The molecule has 0 aliphatic rings. The Hall–Kier alpha value is -1.79. The molecule has 6 nitrogen and oxygen atoms in total. The van der Waals surface area contributed by atoms with Crippen molar-refractivity contribution >= 4 is 29.2 Å². The Labute approximate surface area is 95.9 Å². The van der Waals surface area contributed by atoms with E-state index in [0.29, 0.717) is 5.02 Å². The van der Waals surface area contributed by atoms with E-state index in [-0.39, 0.29) is 11.3 Å². The number of rotatable bonds is 5. The van der Waals surface area contributed by atoms with Gasteiger partial charge in [-0.2, -0.15) is 0 Å². The number of hydrogen-bond acceptors (Lipinski definition) is 4. The van der Waals surface area contributed by atoms with E-state index < -0.39 is 18.5 Å². The molecule has 0 saturated heterocycles. The Morgan fingerprint density at radius 1 is 1.50 bits per heavy atom. The van der Waals surface area contributed by atoms with E-state index in [0.717, 1.165) is 0 Å². The lowest BCUT2D eigenvalue weighted by Crippen LogP contribution is -2.16. The number of anilines is 1. The van der Waals surface area contributed by atoms with Crippen molar-refractivity contribution in [3.05, 3.63) is 28.8 Å². The summed E-state index contributed by atoms with van der Waals surface area (Å²) in [6, 6.07) is 4.33. The molecule has 0 heterocycles. The number of aliphatic carboxylic acids is 1. The maximum Gasteiger partial charge on any atom is 0.332 e. The van der Waals surface area contributed by atoms with E-state index in [2.05, 4.69) is 10.3 Å². The van der Waals surface area contributed by atoms with Gasteiger partial charge >= 0.3 is 5.97 Å². The number of amides is 1. The molecule has 0 fully saturated rings. The number of carbonyl (C=O) groups excluding carboxylic acids is 1. The van der Waals surface area contributed by atoms with Crippen molar-refractivity contribution in [3.8, 4) is 0 Å². The first-order valence-electron chi connectivity index (χ1n) is 4.19. The van der Waals surface area contributed by atoms with E-state index in [4.69, 9.17) is 22.4 Å². The average Bonchev–Trinajstić information content (AvgIpc) is 2.19.